The molecule has 1 aliphatic heterocycles. The molecule has 1 aliphatic rings. The van der Waals surface area contributed by atoms with Crippen molar-refractivity contribution < 1.29 is 13.2 Å². The van der Waals surface area contributed by atoms with Gasteiger partial charge in [0.2, 0.25) is 10.0 Å². The van der Waals surface area contributed by atoms with Gasteiger partial charge in [0.1, 0.15) is 6.07 Å². The highest BCUT2D eigenvalue weighted by Gasteiger charge is 2.32. The molecule has 158 valence electrons. The summed E-state index contributed by atoms with van der Waals surface area (Å²) in [4.78, 5) is 14.3. The lowest BCUT2D eigenvalue weighted by atomic mass is 10.2. The van der Waals surface area contributed by atoms with Gasteiger partial charge in [-0.2, -0.15) is 9.57 Å². The molecule has 0 atom stereocenters. The predicted octanol–water partition coefficient (Wildman–Crippen LogP) is 1.94. The Kier molecular flexibility index (Phi) is 5.73. The van der Waals surface area contributed by atoms with Crippen LogP contribution in [0.15, 0.2) is 59.6 Å². The summed E-state index contributed by atoms with van der Waals surface area (Å²) in [6, 6.07) is 15.0. The number of rotatable bonds is 4. The molecule has 0 aliphatic carbocycles. The fourth-order valence-electron chi connectivity index (χ4n) is 3.33. The van der Waals surface area contributed by atoms with E-state index >= 15 is 0 Å². The average Bonchev–Trinajstić information content (AvgIpc) is 3.29. The highest BCUT2D eigenvalue weighted by molar-refractivity contribution is 7.89. The highest BCUT2D eigenvalue weighted by atomic mass is 35.5. The smallest absolute Gasteiger partial charge is 0.276 e. The molecule has 0 N–H and O–H groups in total. The number of hydrogen-bond acceptors (Lipinski definition) is 6. The van der Waals surface area contributed by atoms with Crippen LogP contribution in [-0.2, 0) is 10.0 Å². The maximum absolute atomic E-state index is 12.9. The average molecular weight is 457 g/mol. The Morgan fingerprint density at radius 1 is 1.03 bits per heavy atom. The summed E-state index contributed by atoms with van der Waals surface area (Å²) in [5, 5.41) is 17.6. The van der Waals surface area contributed by atoms with E-state index in [0.717, 1.165) is 0 Å². The van der Waals surface area contributed by atoms with Gasteiger partial charge < -0.3 is 4.90 Å². The number of halogens is 1. The summed E-state index contributed by atoms with van der Waals surface area (Å²) < 4.78 is 28.6. The number of carbonyl (C=O) groups is 1. The first-order chi connectivity index (χ1) is 14.9. The van der Waals surface area contributed by atoms with E-state index in [0.29, 0.717) is 10.7 Å². The van der Waals surface area contributed by atoms with Crippen molar-refractivity contribution in [2.75, 3.05) is 26.2 Å². The number of nitriles is 1. The van der Waals surface area contributed by atoms with Crippen molar-refractivity contribution in [3.8, 4) is 11.8 Å². The maximum atomic E-state index is 12.9. The lowest BCUT2D eigenvalue weighted by Crippen LogP contribution is -2.50. The molecule has 0 saturated carbocycles. The molecule has 3 aromatic rings. The first-order valence-corrected chi connectivity index (χ1v) is 11.2. The number of hydrogen-bond donors (Lipinski definition) is 0. The third-order valence-corrected chi connectivity index (χ3v) is 7.24. The quantitative estimate of drug-likeness (QED) is 0.593. The Labute approximate surface area is 184 Å². The van der Waals surface area contributed by atoms with Crippen LogP contribution >= 0.6 is 11.6 Å². The van der Waals surface area contributed by atoms with Crippen molar-refractivity contribution >= 4 is 27.5 Å². The zero-order valence-electron chi connectivity index (χ0n) is 16.2. The molecular weight excluding hydrogens is 440 g/mol. The number of piperazine rings is 1. The van der Waals surface area contributed by atoms with Crippen LogP contribution in [0.3, 0.4) is 0 Å². The van der Waals surface area contributed by atoms with Crippen LogP contribution < -0.4 is 0 Å². The van der Waals surface area contributed by atoms with Gasteiger partial charge in [-0.25, -0.2) is 13.1 Å². The minimum absolute atomic E-state index is 0.0278. The van der Waals surface area contributed by atoms with Gasteiger partial charge in [0, 0.05) is 26.2 Å². The Bertz CT molecular complexity index is 1280. The molecule has 9 nitrogen and oxygen atoms in total. The maximum Gasteiger partial charge on any atom is 0.276 e. The van der Waals surface area contributed by atoms with Crippen molar-refractivity contribution in [1.82, 2.24) is 24.2 Å². The molecule has 0 unspecified atom stereocenters. The van der Waals surface area contributed by atoms with Crippen LogP contribution in [0.2, 0.25) is 5.02 Å². The molecule has 0 bridgehead atoms. The standard InChI is InChI=1S/C20H17ClN6O3S/c21-16-6-2-3-7-18(16)27-14-17(23-24-27)20(28)25-9-11-26(12-10-25)31(29,30)19-8-4-1-5-15(19)13-22/h1-8,14H,9-12H2. The largest absolute Gasteiger partial charge is 0.335 e. The molecule has 2 aromatic carbocycles. The Morgan fingerprint density at radius 2 is 1.71 bits per heavy atom. The number of amides is 1. The second kappa shape index (κ2) is 8.47. The lowest BCUT2D eigenvalue weighted by molar-refractivity contribution is 0.0692. The van der Waals surface area contributed by atoms with Crippen LogP contribution in [0.1, 0.15) is 16.1 Å². The van der Waals surface area contributed by atoms with Crippen LogP contribution in [0.4, 0.5) is 0 Å². The van der Waals surface area contributed by atoms with Crippen molar-refractivity contribution in [2.45, 2.75) is 4.90 Å². The molecule has 0 radical (unpaired) electrons. The third-order valence-electron chi connectivity index (χ3n) is 4.96. The minimum Gasteiger partial charge on any atom is -0.335 e. The van der Waals surface area contributed by atoms with Gasteiger partial charge in [-0.1, -0.05) is 41.1 Å². The van der Waals surface area contributed by atoms with Crippen LogP contribution in [0, 0.1) is 11.3 Å². The molecule has 11 heteroatoms. The van der Waals surface area contributed by atoms with Gasteiger partial charge in [0.05, 0.1) is 27.4 Å². The van der Waals surface area contributed by atoms with Crippen LogP contribution in [0.5, 0.6) is 0 Å². The Balaban J connectivity index is 1.46. The second-order valence-electron chi connectivity index (χ2n) is 6.80. The molecule has 0 spiro atoms. The zero-order valence-corrected chi connectivity index (χ0v) is 17.8. The van der Waals surface area contributed by atoms with Gasteiger partial charge in [-0.05, 0) is 24.3 Å². The summed E-state index contributed by atoms with van der Waals surface area (Å²) in [7, 11) is -3.83. The van der Waals surface area contributed by atoms with E-state index in [-0.39, 0.29) is 48.2 Å². The fourth-order valence-corrected chi connectivity index (χ4v) is 5.12. The minimum atomic E-state index is -3.83. The normalized spacial score (nSPS) is 14.9. The van der Waals surface area contributed by atoms with E-state index in [1.807, 2.05) is 6.07 Å². The zero-order chi connectivity index (χ0) is 22.0. The van der Waals surface area contributed by atoms with E-state index in [4.69, 9.17) is 11.6 Å². The van der Waals surface area contributed by atoms with Crippen LogP contribution in [-0.4, -0.2) is 64.7 Å². The summed E-state index contributed by atoms with van der Waals surface area (Å²) in [5.41, 5.74) is 0.839. The van der Waals surface area contributed by atoms with Gasteiger partial charge >= 0.3 is 0 Å². The van der Waals surface area contributed by atoms with Crippen molar-refractivity contribution in [2.24, 2.45) is 0 Å². The summed E-state index contributed by atoms with van der Waals surface area (Å²) >= 11 is 6.16. The first-order valence-electron chi connectivity index (χ1n) is 9.37. The molecule has 31 heavy (non-hydrogen) atoms. The molecule has 1 aromatic heterocycles. The van der Waals surface area contributed by atoms with E-state index in [9.17, 15) is 18.5 Å². The lowest BCUT2D eigenvalue weighted by Gasteiger charge is -2.33. The number of para-hydroxylation sites is 1. The van der Waals surface area contributed by atoms with Gasteiger partial charge in [-0.15, -0.1) is 5.10 Å². The molecule has 1 amide bonds. The molecule has 1 fully saturated rings. The summed E-state index contributed by atoms with van der Waals surface area (Å²) in [6.07, 6.45) is 1.50. The van der Waals surface area contributed by atoms with Crippen molar-refractivity contribution in [3.63, 3.8) is 0 Å². The van der Waals surface area contributed by atoms with Crippen LogP contribution in [0.25, 0.3) is 5.69 Å². The van der Waals surface area contributed by atoms with Gasteiger partial charge in [0.15, 0.2) is 5.69 Å². The molecule has 4 rings (SSSR count). The first kappa shape index (κ1) is 21.0. The number of nitrogens with zero attached hydrogens (tertiary/aromatic N) is 6. The van der Waals surface area contributed by atoms with E-state index in [1.165, 1.54) is 32.2 Å². The fraction of sp³-hybridized carbons (Fsp3) is 0.200. The third kappa shape index (κ3) is 4.03. The number of sulfonamides is 1. The SMILES string of the molecule is N#Cc1ccccc1S(=O)(=O)N1CCN(C(=O)c2cn(-c3ccccc3Cl)nn2)CC1. The van der Waals surface area contributed by atoms with Crippen molar-refractivity contribution in [1.29, 1.82) is 5.26 Å². The number of carbonyl (C=O) groups excluding carboxylic acids is 1. The number of aromatic nitrogens is 3. The van der Waals surface area contributed by atoms with Gasteiger partial charge in [-0.3, -0.25) is 4.79 Å². The molecule has 2 heterocycles. The Hall–Kier alpha value is -3.26. The van der Waals surface area contributed by atoms with E-state index in [2.05, 4.69) is 10.3 Å². The van der Waals surface area contributed by atoms with E-state index in [1.54, 1.807) is 36.4 Å². The van der Waals surface area contributed by atoms with Crippen molar-refractivity contribution in [3.05, 3.63) is 71.0 Å². The topological polar surface area (TPSA) is 112 Å². The monoisotopic (exact) mass is 456 g/mol. The summed E-state index contributed by atoms with van der Waals surface area (Å²) in [6.45, 7) is 0.635. The number of benzene rings is 2. The highest BCUT2D eigenvalue weighted by Crippen LogP contribution is 2.22. The molecule has 1 saturated heterocycles. The van der Waals surface area contributed by atoms with Gasteiger partial charge in [0.25, 0.3) is 5.91 Å². The second-order valence-corrected chi connectivity index (χ2v) is 9.12. The Morgan fingerprint density at radius 3 is 2.42 bits per heavy atom. The molecular formula is C20H17ClN6O3S. The van der Waals surface area contributed by atoms with E-state index < -0.39 is 10.0 Å². The summed E-state index contributed by atoms with van der Waals surface area (Å²) in [5.74, 6) is -0.340. The predicted molar refractivity (Wildman–Crippen MR) is 112 cm³/mol.